The van der Waals surface area contributed by atoms with E-state index in [2.05, 4.69) is 5.32 Å². The Morgan fingerprint density at radius 3 is 2.53 bits per heavy atom. The maximum atomic E-state index is 13.0. The van der Waals surface area contributed by atoms with E-state index in [0.717, 1.165) is 32.1 Å². The van der Waals surface area contributed by atoms with Crippen LogP contribution >= 0.6 is 0 Å². The summed E-state index contributed by atoms with van der Waals surface area (Å²) in [5.74, 6) is -0.838. The van der Waals surface area contributed by atoms with Crippen LogP contribution in [0, 0.1) is 5.92 Å². The van der Waals surface area contributed by atoms with Crippen LogP contribution < -0.4 is 10.1 Å². The number of esters is 1. The molecule has 30 heavy (non-hydrogen) atoms. The van der Waals surface area contributed by atoms with Crippen LogP contribution in [0.4, 0.5) is 5.69 Å². The molecule has 10 heteroatoms. The lowest BCUT2D eigenvalue weighted by molar-refractivity contribution is -0.152. The maximum absolute atomic E-state index is 13.0. The number of morpholine rings is 1. The third kappa shape index (κ3) is 5.50. The third-order valence-electron chi connectivity index (χ3n) is 5.32. The summed E-state index contributed by atoms with van der Waals surface area (Å²) in [5, 5.41) is 2.59. The average molecular weight is 441 g/mol. The number of anilines is 1. The lowest BCUT2D eigenvalue weighted by Gasteiger charge is -2.26. The molecule has 1 aliphatic heterocycles. The number of hydrogen-bond donors (Lipinski definition) is 1. The van der Waals surface area contributed by atoms with E-state index in [9.17, 15) is 18.0 Å². The number of benzene rings is 1. The van der Waals surface area contributed by atoms with Gasteiger partial charge in [-0.15, -0.1) is 0 Å². The van der Waals surface area contributed by atoms with Gasteiger partial charge in [0, 0.05) is 18.8 Å². The number of hydrogen-bond acceptors (Lipinski definition) is 7. The molecule has 0 unspecified atom stereocenters. The van der Waals surface area contributed by atoms with Crippen molar-refractivity contribution in [2.75, 3.05) is 45.3 Å². The number of rotatable bonds is 7. The van der Waals surface area contributed by atoms with E-state index in [1.807, 2.05) is 0 Å². The Kier molecular flexibility index (Phi) is 7.68. The number of amides is 1. The Bertz CT molecular complexity index is 860. The number of methoxy groups -OCH3 is 1. The normalized spacial score (nSPS) is 18.6. The van der Waals surface area contributed by atoms with Gasteiger partial charge in [0.25, 0.3) is 5.91 Å². The van der Waals surface area contributed by atoms with E-state index < -0.39 is 22.5 Å². The summed E-state index contributed by atoms with van der Waals surface area (Å²) in [5.41, 5.74) is 0.279. The minimum atomic E-state index is -3.81. The van der Waals surface area contributed by atoms with E-state index in [4.69, 9.17) is 14.2 Å². The fourth-order valence-corrected chi connectivity index (χ4v) is 5.26. The molecule has 3 rings (SSSR count). The highest BCUT2D eigenvalue weighted by Crippen LogP contribution is 2.30. The maximum Gasteiger partial charge on any atom is 0.309 e. The first-order valence-electron chi connectivity index (χ1n) is 10.1. The molecule has 1 saturated heterocycles. The molecule has 1 aliphatic carbocycles. The van der Waals surface area contributed by atoms with Gasteiger partial charge in [0.05, 0.1) is 26.2 Å². The number of carbonyl (C=O) groups is 2. The number of nitrogens with one attached hydrogen (secondary N) is 1. The zero-order chi connectivity index (χ0) is 21.6. The highest BCUT2D eigenvalue weighted by atomic mass is 32.2. The summed E-state index contributed by atoms with van der Waals surface area (Å²) < 4.78 is 42.9. The van der Waals surface area contributed by atoms with Crippen LogP contribution in [0.5, 0.6) is 5.75 Å². The summed E-state index contributed by atoms with van der Waals surface area (Å²) in [6, 6.07) is 4.37. The van der Waals surface area contributed by atoms with Crippen molar-refractivity contribution in [3.05, 3.63) is 18.2 Å². The molecule has 0 aromatic heterocycles. The monoisotopic (exact) mass is 440 g/mol. The van der Waals surface area contributed by atoms with E-state index in [-0.39, 0.29) is 41.3 Å². The smallest absolute Gasteiger partial charge is 0.309 e. The van der Waals surface area contributed by atoms with Gasteiger partial charge < -0.3 is 19.5 Å². The van der Waals surface area contributed by atoms with Gasteiger partial charge >= 0.3 is 5.97 Å². The lowest BCUT2D eigenvalue weighted by atomic mass is 9.89. The first kappa shape index (κ1) is 22.5. The van der Waals surface area contributed by atoms with Gasteiger partial charge in [-0.3, -0.25) is 9.59 Å². The Morgan fingerprint density at radius 2 is 1.87 bits per heavy atom. The molecule has 1 aromatic carbocycles. The van der Waals surface area contributed by atoms with Crippen LogP contribution in [0.2, 0.25) is 0 Å². The van der Waals surface area contributed by atoms with Crippen molar-refractivity contribution >= 4 is 27.6 Å². The molecule has 0 atom stereocenters. The van der Waals surface area contributed by atoms with Crippen molar-refractivity contribution in [2.24, 2.45) is 5.92 Å². The molecular weight excluding hydrogens is 412 g/mol. The molecule has 2 fully saturated rings. The predicted octanol–water partition coefficient (Wildman–Crippen LogP) is 1.78. The summed E-state index contributed by atoms with van der Waals surface area (Å²) in [6.07, 6.45) is 4.71. The number of ether oxygens (including phenoxy) is 3. The summed E-state index contributed by atoms with van der Waals surface area (Å²) in [7, 11) is -2.43. The van der Waals surface area contributed by atoms with Crippen LogP contribution in [-0.2, 0) is 29.1 Å². The molecule has 0 spiro atoms. The molecule has 1 heterocycles. The SMILES string of the molecule is COc1ccc(NC(=O)COC(=O)C2CCCCC2)cc1S(=O)(=O)N1CCOCC1. The van der Waals surface area contributed by atoms with Crippen molar-refractivity contribution < 1.29 is 32.2 Å². The lowest BCUT2D eigenvalue weighted by Crippen LogP contribution is -2.40. The molecule has 2 aliphatic rings. The van der Waals surface area contributed by atoms with Gasteiger partial charge in [-0.1, -0.05) is 19.3 Å². The Hall–Kier alpha value is -2.17. The zero-order valence-corrected chi connectivity index (χ0v) is 17.9. The number of sulfonamides is 1. The first-order valence-corrected chi connectivity index (χ1v) is 11.6. The molecule has 1 aromatic rings. The van der Waals surface area contributed by atoms with Crippen LogP contribution in [0.1, 0.15) is 32.1 Å². The van der Waals surface area contributed by atoms with Gasteiger partial charge in [0.2, 0.25) is 10.0 Å². The molecule has 1 amide bonds. The summed E-state index contributed by atoms with van der Waals surface area (Å²) >= 11 is 0. The molecular formula is C20H28N2O7S. The minimum Gasteiger partial charge on any atom is -0.495 e. The topological polar surface area (TPSA) is 111 Å². The fourth-order valence-electron chi connectivity index (χ4n) is 3.67. The summed E-state index contributed by atoms with van der Waals surface area (Å²) in [6.45, 7) is 0.736. The number of carbonyl (C=O) groups excluding carboxylic acids is 2. The third-order valence-corrected chi connectivity index (χ3v) is 7.24. The van der Waals surface area contributed by atoms with Crippen LogP contribution in [-0.4, -0.2) is 64.6 Å². The largest absolute Gasteiger partial charge is 0.495 e. The fraction of sp³-hybridized carbons (Fsp3) is 0.600. The van der Waals surface area contributed by atoms with Crippen LogP contribution in [0.15, 0.2) is 23.1 Å². The molecule has 1 saturated carbocycles. The molecule has 0 bridgehead atoms. The second-order valence-electron chi connectivity index (χ2n) is 7.37. The molecule has 166 valence electrons. The van der Waals surface area contributed by atoms with Gasteiger partial charge in [-0.05, 0) is 31.0 Å². The van der Waals surface area contributed by atoms with E-state index in [0.29, 0.717) is 13.2 Å². The minimum absolute atomic E-state index is 0.0381. The molecule has 0 radical (unpaired) electrons. The van der Waals surface area contributed by atoms with E-state index in [1.54, 1.807) is 0 Å². The van der Waals surface area contributed by atoms with E-state index in [1.165, 1.54) is 29.6 Å². The highest BCUT2D eigenvalue weighted by Gasteiger charge is 2.30. The second-order valence-corrected chi connectivity index (χ2v) is 9.28. The van der Waals surface area contributed by atoms with Crippen LogP contribution in [0.25, 0.3) is 0 Å². The highest BCUT2D eigenvalue weighted by molar-refractivity contribution is 7.89. The zero-order valence-electron chi connectivity index (χ0n) is 17.1. The van der Waals surface area contributed by atoms with Crippen molar-refractivity contribution in [1.82, 2.24) is 4.31 Å². The van der Waals surface area contributed by atoms with Crippen molar-refractivity contribution in [2.45, 2.75) is 37.0 Å². The first-order chi connectivity index (χ1) is 14.4. The van der Waals surface area contributed by atoms with Gasteiger partial charge in [0.1, 0.15) is 10.6 Å². The molecule has 9 nitrogen and oxygen atoms in total. The molecule has 1 N–H and O–H groups in total. The van der Waals surface area contributed by atoms with Gasteiger partial charge in [-0.2, -0.15) is 4.31 Å². The Balaban J connectivity index is 1.65. The predicted molar refractivity (Wildman–Crippen MR) is 109 cm³/mol. The van der Waals surface area contributed by atoms with Crippen LogP contribution in [0.3, 0.4) is 0 Å². The number of nitrogens with zero attached hydrogens (tertiary/aromatic N) is 1. The average Bonchev–Trinajstić information content (AvgIpc) is 2.78. The van der Waals surface area contributed by atoms with Crippen molar-refractivity contribution in [3.63, 3.8) is 0 Å². The van der Waals surface area contributed by atoms with Crippen molar-refractivity contribution in [3.8, 4) is 5.75 Å². The quantitative estimate of drug-likeness (QED) is 0.643. The Morgan fingerprint density at radius 1 is 1.17 bits per heavy atom. The Labute approximate surface area is 176 Å². The van der Waals surface area contributed by atoms with Crippen molar-refractivity contribution in [1.29, 1.82) is 0 Å². The van der Waals surface area contributed by atoms with Gasteiger partial charge in [-0.25, -0.2) is 8.42 Å². The second kappa shape index (κ2) is 10.2. The van der Waals surface area contributed by atoms with E-state index >= 15 is 0 Å². The summed E-state index contributed by atoms with van der Waals surface area (Å²) in [4.78, 5) is 24.3. The van der Waals surface area contributed by atoms with Gasteiger partial charge in [0.15, 0.2) is 6.61 Å². The standard InChI is InChI=1S/C20H28N2O7S/c1-27-17-8-7-16(13-18(17)30(25,26)22-9-11-28-12-10-22)21-19(23)14-29-20(24)15-5-3-2-4-6-15/h7-8,13,15H,2-6,9-12,14H2,1H3,(H,21,23).